The molecule has 1 aliphatic rings. The van der Waals surface area contributed by atoms with Crippen LogP contribution in [0.3, 0.4) is 0 Å². The highest BCUT2D eigenvalue weighted by Crippen LogP contribution is 2.30. The van der Waals surface area contributed by atoms with Crippen molar-refractivity contribution in [1.29, 1.82) is 0 Å². The number of aryl methyl sites for hydroxylation is 4. The van der Waals surface area contributed by atoms with Crippen molar-refractivity contribution in [1.82, 2.24) is 4.98 Å². The van der Waals surface area contributed by atoms with Crippen molar-refractivity contribution in [3.05, 3.63) is 64.0 Å². The molecule has 1 aromatic heterocycles. The molecule has 0 bridgehead atoms. The second kappa shape index (κ2) is 7.09. The minimum Gasteiger partial charge on any atom is -0.255 e. The molecule has 0 unspecified atom stereocenters. The summed E-state index contributed by atoms with van der Waals surface area (Å²) in [7, 11) is -3.64. The van der Waals surface area contributed by atoms with E-state index < -0.39 is 10.0 Å². The van der Waals surface area contributed by atoms with Crippen LogP contribution < -0.4 is 4.72 Å². The first kappa shape index (κ1) is 18.2. The zero-order valence-electron chi connectivity index (χ0n) is 15.5. The van der Waals surface area contributed by atoms with Crippen LogP contribution in [0.4, 0.5) is 5.13 Å². The summed E-state index contributed by atoms with van der Waals surface area (Å²) in [5.41, 5.74) is 6.52. The molecule has 140 valence electrons. The van der Waals surface area contributed by atoms with E-state index in [4.69, 9.17) is 0 Å². The normalized spacial score (nSPS) is 14.0. The van der Waals surface area contributed by atoms with E-state index in [9.17, 15) is 8.42 Å². The van der Waals surface area contributed by atoms with Crippen molar-refractivity contribution in [3.63, 3.8) is 0 Å². The van der Waals surface area contributed by atoms with E-state index in [1.807, 2.05) is 31.4 Å². The molecule has 0 fully saturated rings. The largest absolute Gasteiger partial charge is 0.263 e. The molecular formula is C21H22N2O2S2. The van der Waals surface area contributed by atoms with Crippen LogP contribution in [0.5, 0.6) is 0 Å². The Balaban J connectivity index is 1.60. The minimum atomic E-state index is -3.64. The molecule has 4 nitrogen and oxygen atoms in total. The van der Waals surface area contributed by atoms with E-state index in [0.29, 0.717) is 10.0 Å². The lowest BCUT2D eigenvalue weighted by Crippen LogP contribution is -2.14. The van der Waals surface area contributed by atoms with E-state index in [0.717, 1.165) is 47.2 Å². The van der Waals surface area contributed by atoms with Crippen LogP contribution in [0.15, 0.2) is 46.7 Å². The van der Waals surface area contributed by atoms with Gasteiger partial charge in [-0.2, -0.15) is 0 Å². The van der Waals surface area contributed by atoms with E-state index in [2.05, 4.69) is 27.9 Å². The Hall–Kier alpha value is -2.18. The number of nitrogens with zero attached hydrogens (tertiary/aromatic N) is 1. The number of sulfonamides is 1. The number of benzene rings is 2. The molecule has 4 rings (SSSR count). The molecule has 0 saturated heterocycles. The summed E-state index contributed by atoms with van der Waals surface area (Å²) in [5, 5.41) is 2.29. The van der Waals surface area contributed by atoms with Crippen molar-refractivity contribution in [2.45, 2.75) is 44.4 Å². The quantitative estimate of drug-likeness (QED) is 0.665. The topological polar surface area (TPSA) is 59.1 Å². The lowest BCUT2D eigenvalue weighted by molar-refractivity contribution is 0.600. The first-order valence-electron chi connectivity index (χ1n) is 9.10. The zero-order valence-corrected chi connectivity index (χ0v) is 17.1. The van der Waals surface area contributed by atoms with Crippen LogP contribution in [-0.4, -0.2) is 13.4 Å². The Bertz CT molecular complexity index is 1100. The molecule has 0 aliphatic heterocycles. The molecule has 27 heavy (non-hydrogen) atoms. The molecule has 0 atom stereocenters. The fraction of sp³-hybridized carbons (Fsp3) is 0.286. The lowest BCUT2D eigenvalue weighted by Gasteiger charge is -2.16. The van der Waals surface area contributed by atoms with Crippen LogP contribution in [0, 0.1) is 13.8 Å². The third kappa shape index (κ3) is 3.77. The van der Waals surface area contributed by atoms with Crippen molar-refractivity contribution in [2.75, 3.05) is 4.72 Å². The minimum absolute atomic E-state index is 0.312. The summed E-state index contributed by atoms with van der Waals surface area (Å²) >= 11 is 1.31. The monoisotopic (exact) mass is 398 g/mol. The van der Waals surface area contributed by atoms with E-state index in [1.54, 1.807) is 6.07 Å². The number of fused-ring (bicyclic) bond motifs is 1. The summed E-state index contributed by atoms with van der Waals surface area (Å²) < 4.78 is 28.3. The average molecular weight is 399 g/mol. The van der Waals surface area contributed by atoms with E-state index >= 15 is 0 Å². The van der Waals surface area contributed by atoms with E-state index in [1.165, 1.54) is 23.3 Å². The first-order valence-corrected chi connectivity index (χ1v) is 11.5. The molecule has 3 aromatic rings. The third-order valence-electron chi connectivity index (χ3n) is 5.03. The molecule has 0 spiro atoms. The number of rotatable bonds is 4. The van der Waals surface area contributed by atoms with Gasteiger partial charge >= 0.3 is 0 Å². The Morgan fingerprint density at radius 2 is 1.78 bits per heavy atom. The predicted octanol–water partition coefficient (Wildman–Crippen LogP) is 5.11. The summed E-state index contributed by atoms with van der Waals surface area (Å²) in [5.74, 6) is 0. The highest BCUT2D eigenvalue weighted by atomic mass is 32.2. The maximum atomic E-state index is 12.8. The molecule has 0 radical (unpaired) electrons. The van der Waals surface area contributed by atoms with Crippen LogP contribution in [0.1, 0.15) is 35.1 Å². The van der Waals surface area contributed by atoms with Crippen LogP contribution in [0.2, 0.25) is 0 Å². The molecular weight excluding hydrogens is 376 g/mol. The Morgan fingerprint density at radius 1 is 1.00 bits per heavy atom. The summed E-state index contributed by atoms with van der Waals surface area (Å²) in [4.78, 5) is 4.82. The second-order valence-electron chi connectivity index (χ2n) is 7.10. The van der Waals surface area contributed by atoms with Gasteiger partial charge in [0.25, 0.3) is 10.0 Å². The number of nitrogens with one attached hydrogen (secondary N) is 1. The Labute approximate surface area is 164 Å². The highest BCUT2D eigenvalue weighted by molar-refractivity contribution is 7.93. The van der Waals surface area contributed by atoms with Gasteiger partial charge in [0.2, 0.25) is 0 Å². The van der Waals surface area contributed by atoms with Gasteiger partial charge in [-0.05, 0) is 74.4 Å². The average Bonchev–Trinajstić information content (AvgIpc) is 3.11. The van der Waals surface area contributed by atoms with Gasteiger partial charge in [-0.3, -0.25) is 4.72 Å². The van der Waals surface area contributed by atoms with Gasteiger partial charge in [0.05, 0.1) is 10.6 Å². The Morgan fingerprint density at radius 3 is 2.59 bits per heavy atom. The van der Waals surface area contributed by atoms with Gasteiger partial charge in [-0.25, -0.2) is 13.4 Å². The van der Waals surface area contributed by atoms with Gasteiger partial charge in [0.15, 0.2) is 5.13 Å². The maximum absolute atomic E-state index is 12.8. The molecule has 6 heteroatoms. The summed E-state index contributed by atoms with van der Waals surface area (Å²) in [6.07, 6.45) is 4.29. The highest BCUT2D eigenvalue weighted by Gasteiger charge is 2.19. The Kier molecular flexibility index (Phi) is 4.78. The van der Waals surface area contributed by atoms with E-state index in [-0.39, 0.29) is 0 Å². The fourth-order valence-corrected chi connectivity index (χ4v) is 5.52. The van der Waals surface area contributed by atoms with Crippen molar-refractivity contribution < 1.29 is 8.42 Å². The van der Waals surface area contributed by atoms with Gasteiger partial charge in [-0.15, -0.1) is 11.3 Å². The molecule has 1 aliphatic carbocycles. The maximum Gasteiger partial charge on any atom is 0.263 e. The number of anilines is 1. The van der Waals surface area contributed by atoms with Crippen LogP contribution >= 0.6 is 11.3 Å². The zero-order chi connectivity index (χ0) is 19.0. The standard InChI is InChI=1S/C21H22N2O2S2/c1-14-7-8-15(2)19(11-14)20-13-26-21(22-20)23-27(24,25)18-10-9-16-5-3-4-6-17(16)12-18/h7-13H,3-6H2,1-2H3,(H,22,23). The van der Waals surface area contributed by atoms with Gasteiger partial charge in [0.1, 0.15) is 0 Å². The fourth-order valence-electron chi connectivity index (χ4n) is 3.51. The van der Waals surface area contributed by atoms with Crippen molar-refractivity contribution >= 4 is 26.5 Å². The number of thiazole rings is 1. The molecule has 1 heterocycles. The first-order chi connectivity index (χ1) is 12.9. The summed E-state index contributed by atoms with van der Waals surface area (Å²) in [6.45, 7) is 4.07. The molecule has 0 saturated carbocycles. The van der Waals surface area contributed by atoms with Gasteiger partial charge in [-0.1, -0.05) is 23.8 Å². The number of hydrogen-bond acceptors (Lipinski definition) is 4. The third-order valence-corrected chi connectivity index (χ3v) is 7.25. The molecule has 2 aromatic carbocycles. The van der Waals surface area contributed by atoms with Gasteiger partial charge < -0.3 is 0 Å². The van der Waals surface area contributed by atoms with Crippen LogP contribution in [0.25, 0.3) is 11.3 Å². The molecule has 0 amide bonds. The number of aromatic nitrogens is 1. The van der Waals surface area contributed by atoms with Gasteiger partial charge in [0, 0.05) is 10.9 Å². The van der Waals surface area contributed by atoms with Crippen LogP contribution in [-0.2, 0) is 22.9 Å². The molecule has 1 N–H and O–H groups in total. The summed E-state index contributed by atoms with van der Waals surface area (Å²) in [6, 6.07) is 11.7. The van der Waals surface area contributed by atoms with Crippen molar-refractivity contribution in [2.24, 2.45) is 0 Å². The van der Waals surface area contributed by atoms with Crippen molar-refractivity contribution in [3.8, 4) is 11.3 Å². The second-order valence-corrected chi connectivity index (χ2v) is 9.64. The predicted molar refractivity (Wildman–Crippen MR) is 111 cm³/mol. The lowest BCUT2D eigenvalue weighted by atomic mass is 9.92. The SMILES string of the molecule is Cc1ccc(C)c(-c2csc(NS(=O)(=O)c3ccc4c(c3)CCCC4)n2)c1. The smallest absolute Gasteiger partial charge is 0.255 e. The number of hydrogen-bond donors (Lipinski definition) is 1.